The molecule has 1 aromatic heterocycles. The highest BCUT2D eigenvalue weighted by Crippen LogP contribution is 2.24. The molecule has 1 aromatic carbocycles. The summed E-state index contributed by atoms with van der Waals surface area (Å²) in [5, 5.41) is 1.41. The maximum absolute atomic E-state index is 13.0. The number of sulfonamides is 1. The largest absolute Gasteiger partial charge is 0.342 e. The minimum atomic E-state index is -3.65. The van der Waals surface area contributed by atoms with Crippen LogP contribution in [0.2, 0.25) is 0 Å². The van der Waals surface area contributed by atoms with Crippen LogP contribution in [0.4, 0.5) is 0 Å². The van der Waals surface area contributed by atoms with Crippen molar-refractivity contribution in [3.63, 3.8) is 0 Å². The third-order valence-electron chi connectivity index (χ3n) is 4.49. The Bertz CT molecular complexity index is 882. The Morgan fingerprint density at radius 3 is 2.67 bits per heavy atom. The van der Waals surface area contributed by atoms with Gasteiger partial charge in [-0.15, -0.1) is 0 Å². The van der Waals surface area contributed by atoms with Crippen LogP contribution < -0.4 is 11.5 Å². The summed E-state index contributed by atoms with van der Waals surface area (Å²) in [6.07, 6.45) is 3.71. The number of fused-ring (bicyclic) bond motifs is 1. The molecule has 0 radical (unpaired) electrons. The van der Waals surface area contributed by atoms with E-state index in [1.807, 2.05) is 13.0 Å². The van der Waals surface area contributed by atoms with Crippen LogP contribution in [0, 0.1) is 0 Å². The lowest BCUT2D eigenvalue weighted by molar-refractivity contribution is -0.132. The van der Waals surface area contributed by atoms with Gasteiger partial charge in [-0.25, -0.2) is 12.7 Å². The van der Waals surface area contributed by atoms with E-state index >= 15 is 0 Å². The number of benzene rings is 1. The zero-order valence-electron chi connectivity index (χ0n) is 15.7. The molecule has 1 atom stereocenters. The van der Waals surface area contributed by atoms with Crippen LogP contribution >= 0.6 is 0 Å². The standard InChI is InChI=1S/C18H27N5O3S/c1-3-23(18(24)16(20)12-19)11-5-10-22(2)27(25,26)17-7-4-6-14-13-21-9-8-15(14)17/h4,6-9,13,16H,3,5,10-12,19-20H2,1-2H3/t16-/m1/s1. The van der Waals surface area contributed by atoms with E-state index in [-0.39, 0.29) is 23.9 Å². The van der Waals surface area contributed by atoms with E-state index in [4.69, 9.17) is 11.5 Å². The first-order valence-corrected chi connectivity index (χ1v) is 10.3. The van der Waals surface area contributed by atoms with Gasteiger partial charge in [0.15, 0.2) is 0 Å². The minimum absolute atomic E-state index is 0.0829. The van der Waals surface area contributed by atoms with Crippen LogP contribution in [0.1, 0.15) is 13.3 Å². The second kappa shape index (κ2) is 9.23. The van der Waals surface area contributed by atoms with E-state index in [0.717, 1.165) is 5.39 Å². The number of rotatable bonds is 9. The first-order valence-electron chi connectivity index (χ1n) is 8.86. The molecule has 0 fully saturated rings. The van der Waals surface area contributed by atoms with E-state index < -0.39 is 16.1 Å². The van der Waals surface area contributed by atoms with Crippen molar-refractivity contribution in [2.75, 3.05) is 33.2 Å². The summed E-state index contributed by atoms with van der Waals surface area (Å²) in [6, 6.07) is 6.09. The van der Waals surface area contributed by atoms with Gasteiger partial charge in [0.25, 0.3) is 0 Å². The zero-order valence-corrected chi connectivity index (χ0v) is 16.5. The van der Waals surface area contributed by atoms with Gasteiger partial charge in [-0.05, 0) is 25.5 Å². The van der Waals surface area contributed by atoms with Gasteiger partial charge in [0, 0.05) is 56.4 Å². The number of hydrogen-bond acceptors (Lipinski definition) is 6. The summed E-state index contributed by atoms with van der Waals surface area (Å²) in [7, 11) is -2.11. The lowest BCUT2D eigenvalue weighted by Crippen LogP contribution is -2.48. The third-order valence-corrected chi connectivity index (χ3v) is 6.41. The van der Waals surface area contributed by atoms with Crippen molar-refractivity contribution in [3.8, 4) is 0 Å². The highest BCUT2D eigenvalue weighted by atomic mass is 32.2. The number of amides is 1. The average molecular weight is 394 g/mol. The average Bonchev–Trinajstić information content (AvgIpc) is 2.69. The maximum Gasteiger partial charge on any atom is 0.243 e. The number of pyridine rings is 1. The SMILES string of the molecule is CCN(CCCN(C)S(=O)(=O)c1cccc2cnccc12)C(=O)[C@H](N)CN. The zero-order chi connectivity index (χ0) is 20.0. The summed E-state index contributed by atoms with van der Waals surface area (Å²) in [6.45, 7) is 3.14. The summed E-state index contributed by atoms with van der Waals surface area (Å²) >= 11 is 0. The lowest BCUT2D eigenvalue weighted by atomic mass is 10.2. The number of hydrogen-bond donors (Lipinski definition) is 2. The van der Waals surface area contributed by atoms with Gasteiger partial charge >= 0.3 is 0 Å². The minimum Gasteiger partial charge on any atom is -0.342 e. The van der Waals surface area contributed by atoms with E-state index in [9.17, 15) is 13.2 Å². The van der Waals surface area contributed by atoms with Gasteiger partial charge in [0.2, 0.25) is 15.9 Å². The van der Waals surface area contributed by atoms with Gasteiger partial charge in [-0.2, -0.15) is 0 Å². The lowest BCUT2D eigenvalue weighted by Gasteiger charge is -2.25. The summed E-state index contributed by atoms with van der Waals surface area (Å²) in [5.74, 6) is -0.216. The Balaban J connectivity index is 2.08. The number of nitrogens with zero attached hydrogens (tertiary/aromatic N) is 3. The molecule has 0 aliphatic rings. The number of carbonyl (C=O) groups excluding carboxylic acids is 1. The topological polar surface area (TPSA) is 123 Å². The molecule has 4 N–H and O–H groups in total. The molecule has 2 rings (SSSR count). The molecular weight excluding hydrogens is 366 g/mol. The summed E-state index contributed by atoms with van der Waals surface area (Å²) in [5.41, 5.74) is 11.1. The van der Waals surface area contributed by atoms with Crippen LogP contribution in [0.5, 0.6) is 0 Å². The highest BCUT2D eigenvalue weighted by molar-refractivity contribution is 7.89. The Morgan fingerprint density at radius 1 is 1.26 bits per heavy atom. The molecule has 148 valence electrons. The predicted molar refractivity (Wildman–Crippen MR) is 105 cm³/mol. The molecule has 0 aliphatic carbocycles. The first kappa shape index (κ1) is 21.2. The molecule has 27 heavy (non-hydrogen) atoms. The molecule has 8 nitrogen and oxygen atoms in total. The maximum atomic E-state index is 13.0. The second-order valence-corrected chi connectivity index (χ2v) is 8.31. The van der Waals surface area contributed by atoms with Gasteiger partial charge < -0.3 is 16.4 Å². The van der Waals surface area contributed by atoms with Crippen molar-refractivity contribution >= 4 is 26.7 Å². The molecule has 2 aromatic rings. The third kappa shape index (κ3) is 4.81. The number of likely N-dealkylation sites (N-methyl/N-ethyl adjacent to an activating group) is 1. The number of nitrogens with two attached hydrogens (primary N) is 2. The van der Waals surface area contributed by atoms with Crippen LogP contribution in [-0.2, 0) is 14.8 Å². The Kier molecular flexibility index (Phi) is 7.25. The molecular formula is C18H27N5O3S. The monoisotopic (exact) mass is 393 g/mol. The molecule has 0 aliphatic heterocycles. The molecule has 1 amide bonds. The molecule has 0 saturated carbocycles. The summed E-state index contributed by atoms with van der Waals surface area (Å²) < 4.78 is 27.2. The van der Waals surface area contributed by atoms with Crippen molar-refractivity contribution in [2.45, 2.75) is 24.3 Å². The van der Waals surface area contributed by atoms with Gasteiger partial charge in [-0.1, -0.05) is 12.1 Å². The highest BCUT2D eigenvalue weighted by Gasteiger charge is 2.24. The molecule has 1 heterocycles. The van der Waals surface area contributed by atoms with Crippen molar-refractivity contribution in [1.29, 1.82) is 0 Å². The molecule has 0 spiro atoms. The van der Waals surface area contributed by atoms with Crippen molar-refractivity contribution in [1.82, 2.24) is 14.2 Å². The smallest absolute Gasteiger partial charge is 0.243 e. The van der Waals surface area contributed by atoms with Gasteiger partial charge in [0.05, 0.1) is 10.9 Å². The quantitative estimate of drug-likeness (QED) is 0.635. The van der Waals surface area contributed by atoms with E-state index in [2.05, 4.69) is 4.98 Å². The van der Waals surface area contributed by atoms with Crippen molar-refractivity contribution < 1.29 is 13.2 Å². The van der Waals surface area contributed by atoms with E-state index in [1.165, 1.54) is 4.31 Å². The van der Waals surface area contributed by atoms with Gasteiger partial charge in [0.1, 0.15) is 0 Å². The van der Waals surface area contributed by atoms with E-state index in [0.29, 0.717) is 24.9 Å². The Hall–Kier alpha value is -2.07. The normalized spacial score (nSPS) is 13.1. The fraction of sp³-hybridized carbons (Fsp3) is 0.444. The molecule has 0 unspecified atom stereocenters. The second-order valence-electron chi connectivity index (χ2n) is 6.29. The van der Waals surface area contributed by atoms with E-state index in [1.54, 1.807) is 42.5 Å². The van der Waals surface area contributed by atoms with Crippen molar-refractivity contribution in [3.05, 3.63) is 36.7 Å². The fourth-order valence-corrected chi connectivity index (χ4v) is 4.27. The Labute approximate surface area is 160 Å². The first-order chi connectivity index (χ1) is 12.8. The number of aromatic nitrogens is 1. The predicted octanol–water partition coefficient (Wildman–Crippen LogP) is 0.380. The molecule has 9 heteroatoms. The van der Waals surface area contributed by atoms with Crippen LogP contribution in [0.15, 0.2) is 41.6 Å². The van der Waals surface area contributed by atoms with Crippen LogP contribution in [-0.4, -0.2) is 67.8 Å². The number of carbonyl (C=O) groups is 1. The van der Waals surface area contributed by atoms with Crippen LogP contribution in [0.3, 0.4) is 0 Å². The fourth-order valence-electron chi connectivity index (χ4n) is 2.85. The van der Waals surface area contributed by atoms with Crippen LogP contribution in [0.25, 0.3) is 10.8 Å². The van der Waals surface area contributed by atoms with Gasteiger partial charge in [-0.3, -0.25) is 9.78 Å². The summed E-state index contributed by atoms with van der Waals surface area (Å²) in [4.78, 5) is 18.0. The van der Waals surface area contributed by atoms with Crippen molar-refractivity contribution in [2.24, 2.45) is 11.5 Å². The Morgan fingerprint density at radius 2 is 2.00 bits per heavy atom. The molecule has 0 bridgehead atoms. The molecule has 0 saturated heterocycles.